The van der Waals surface area contributed by atoms with E-state index >= 15 is 0 Å². The van der Waals surface area contributed by atoms with E-state index in [-0.39, 0.29) is 0 Å². The molecule has 2 aromatic rings. The standard InChI is InChI=1S/C28H40O3S/c1-4-6-7-8-22-9-12-25(13-10-22)26-14-16-27(17-15-26)28-18-11-23(20-24(28)5-2)19-21(3)32(29,30)31/h11,14-18,20-22,25H,4-10,12-13,19H2,1-3H3,(H,29,30,31). The summed E-state index contributed by atoms with van der Waals surface area (Å²) in [5.74, 6) is 1.63. The minimum Gasteiger partial charge on any atom is -0.285 e. The normalized spacial score (nSPS) is 20.2. The molecule has 1 N–H and O–H groups in total. The lowest BCUT2D eigenvalue weighted by molar-refractivity contribution is 0.303. The van der Waals surface area contributed by atoms with Gasteiger partial charge in [-0.05, 0) is 85.1 Å². The summed E-state index contributed by atoms with van der Waals surface area (Å²) < 4.78 is 32.0. The largest absolute Gasteiger partial charge is 0.285 e. The molecule has 0 aliphatic heterocycles. The van der Waals surface area contributed by atoms with Crippen LogP contribution in [0, 0.1) is 5.92 Å². The van der Waals surface area contributed by atoms with Crippen molar-refractivity contribution in [3.8, 4) is 11.1 Å². The molecule has 0 spiro atoms. The van der Waals surface area contributed by atoms with E-state index in [4.69, 9.17) is 0 Å². The molecule has 1 unspecified atom stereocenters. The molecule has 4 heteroatoms. The summed E-state index contributed by atoms with van der Waals surface area (Å²) in [5, 5.41) is -0.793. The Morgan fingerprint density at radius 1 is 0.969 bits per heavy atom. The minimum atomic E-state index is -4.01. The SMILES string of the molecule is CCCCCC1CCC(c2ccc(-c3ccc(CC(C)S(=O)(=O)O)cc3CC)cc2)CC1. The number of hydrogen-bond acceptors (Lipinski definition) is 2. The number of benzene rings is 2. The fourth-order valence-corrected chi connectivity index (χ4v) is 5.59. The number of rotatable bonds is 10. The lowest BCUT2D eigenvalue weighted by Crippen LogP contribution is -2.19. The van der Waals surface area contributed by atoms with Crippen LogP contribution in [0.2, 0.25) is 0 Å². The molecule has 176 valence electrons. The van der Waals surface area contributed by atoms with Crippen molar-refractivity contribution in [2.24, 2.45) is 5.92 Å². The Bertz CT molecular complexity index is 955. The molecule has 0 saturated heterocycles. The third kappa shape index (κ3) is 6.68. The molecule has 0 aromatic heterocycles. The van der Waals surface area contributed by atoms with Crippen molar-refractivity contribution in [2.75, 3.05) is 0 Å². The van der Waals surface area contributed by atoms with Gasteiger partial charge in [-0.1, -0.05) is 82.0 Å². The average Bonchev–Trinajstić information content (AvgIpc) is 2.79. The van der Waals surface area contributed by atoms with Crippen LogP contribution in [0.5, 0.6) is 0 Å². The summed E-state index contributed by atoms with van der Waals surface area (Å²) in [7, 11) is -4.01. The van der Waals surface area contributed by atoms with E-state index in [1.165, 1.54) is 73.6 Å². The first kappa shape index (κ1) is 25.0. The fourth-order valence-electron chi connectivity index (χ4n) is 5.19. The van der Waals surface area contributed by atoms with E-state index in [1.54, 1.807) is 6.92 Å². The van der Waals surface area contributed by atoms with Crippen LogP contribution in [0.1, 0.15) is 94.7 Å². The summed E-state index contributed by atoms with van der Waals surface area (Å²) in [4.78, 5) is 0. The Kier molecular flexibility index (Phi) is 8.95. The highest BCUT2D eigenvalue weighted by molar-refractivity contribution is 7.86. The highest BCUT2D eigenvalue weighted by Crippen LogP contribution is 2.38. The van der Waals surface area contributed by atoms with Gasteiger partial charge in [-0.25, -0.2) is 0 Å². The maximum atomic E-state index is 11.4. The van der Waals surface area contributed by atoms with Crippen LogP contribution < -0.4 is 0 Å². The van der Waals surface area contributed by atoms with Gasteiger partial charge < -0.3 is 0 Å². The molecule has 0 amide bonds. The second kappa shape index (κ2) is 11.5. The molecule has 1 aliphatic rings. The number of aryl methyl sites for hydroxylation is 1. The van der Waals surface area contributed by atoms with Crippen molar-refractivity contribution in [2.45, 2.75) is 96.1 Å². The maximum Gasteiger partial charge on any atom is 0.267 e. The lowest BCUT2D eigenvalue weighted by Gasteiger charge is -2.29. The Hall–Kier alpha value is -1.65. The van der Waals surface area contributed by atoms with Crippen molar-refractivity contribution in [1.82, 2.24) is 0 Å². The second-order valence-electron chi connectivity index (χ2n) is 9.71. The molecular weight excluding hydrogens is 416 g/mol. The van der Waals surface area contributed by atoms with Crippen molar-refractivity contribution in [1.29, 1.82) is 0 Å². The van der Waals surface area contributed by atoms with E-state index in [0.29, 0.717) is 12.3 Å². The third-order valence-electron chi connectivity index (χ3n) is 7.34. The van der Waals surface area contributed by atoms with Crippen molar-refractivity contribution >= 4 is 10.1 Å². The van der Waals surface area contributed by atoms with Gasteiger partial charge in [-0.2, -0.15) is 8.42 Å². The summed E-state index contributed by atoms with van der Waals surface area (Å²) in [5.41, 5.74) is 6.06. The number of unbranched alkanes of at least 4 members (excludes halogenated alkanes) is 2. The fraction of sp³-hybridized carbons (Fsp3) is 0.571. The smallest absolute Gasteiger partial charge is 0.267 e. The van der Waals surface area contributed by atoms with Gasteiger partial charge in [-0.15, -0.1) is 0 Å². The quantitative estimate of drug-likeness (QED) is 0.296. The van der Waals surface area contributed by atoms with Crippen LogP contribution in [-0.2, 0) is 23.0 Å². The van der Waals surface area contributed by atoms with E-state index < -0.39 is 15.4 Å². The molecule has 1 saturated carbocycles. The van der Waals surface area contributed by atoms with Gasteiger partial charge in [0.2, 0.25) is 0 Å². The van der Waals surface area contributed by atoms with E-state index in [9.17, 15) is 13.0 Å². The molecule has 1 fully saturated rings. The first-order valence-corrected chi connectivity index (χ1v) is 14.0. The van der Waals surface area contributed by atoms with Crippen LogP contribution in [0.25, 0.3) is 11.1 Å². The highest BCUT2D eigenvalue weighted by Gasteiger charge is 2.22. The summed E-state index contributed by atoms with van der Waals surface area (Å²) in [6.07, 6.45) is 12.1. The van der Waals surface area contributed by atoms with Crippen molar-refractivity contribution in [3.05, 3.63) is 59.2 Å². The van der Waals surface area contributed by atoms with Gasteiger partial charge in [0.05, 0.1) is 5.25 Å². The van der Waals surface area contributed by atoms with E-state index in [1.807, 2.05) is 6.07 Å². The summed E-state index contributed by atoms with van der Waals surface area (Å²) in [6.45, 7) is 5.96. The summed E-state index contributed by atoms with van der Waals surface area (Å²) in [6, 6.07) is 15.3. The van der Waals surface area contributed by atoms with E-state index in [0.717, 1.165) is 17.9 Å². The first-order valence-electron chi connectivity index (χ1n) is 12.5. The average molecular weight is 457 g/mol. The van der Waals surface area contributed by atoms with Crippen LogP contribution in [-0.4, -0.2) is 18.2 Å². The van der Waals surface area contributed by atoms with E-state index in [2.05, 4.69) is 50.2 Å². The van der Waals surface area contributed by atoms with Gasteiger partial charge in [0.1, 0.15) is 0 Å². The third-order valence-corrected chi connectivity index (χ3v) is 8.52. The van der Waals surface area contributed by atoms with Crippen LogP contribution in [0.3, 0.4) is 0 Å². The minimum absolute atomic E-state index is 0.326. The molecule has 32 heavy (non-hydrogen) atoms. The summed E-state index contributed by atoms with van der Waals surface area (Å²) >= 11 is 0. The molecule has 0 bridgehead atoms. The Balaban J connectivity index is 1.65. The molecule has 3 nitrogen and oxygen atoms in total. The van der Waals surface area contributed by atoms with Crippen LogP contribution >= 0.6 is 0 Å². The van der Waals surface area contributed by atoms with Crippen molar-refractivity contribution in [3.63, 3.8) is 0 Å². The zero-order valence-electron chi connectivity index (χ0n) is 20.0. The molecule has 0 heterocycles. The van der Waals surface area contributed by atoms with Gasteiger partial charge in [0, 0.05) is 0 Å². The predicted octanol–water partition coefficient (Wildman–Crippen LogP) is 7.59. The van der Waals surface area contributed by atoms with Crippen LogP contribution in [0.4, 0.5) is 0 Å². The van der Waals surface area contributed by atoms with Gasteiger partial charge >= 0.3 is 0 Å². The predicted molar refractivity (Wildman–Crippen MR) is 135 cm³/mol. The zero-order chi connectivity index (χ0) is 23.1. The molecule has 1 aliphatic carbocycles. The second-order valence-corrected chi connectivity index (χ2v) is 11.5. The maximum absolute atomic E-state index is 11.4. The van der Waals surface area contributed by atoms with Gasteiger partial charge in [0.15, 0.2) is 0 Å². The Morgan fingerprint density at radius 3 is 2.25 bits per heavy atom. The molecule has 2 aromatic carbocycles. The topological polar surface area (TPSA) is 54.4 Å². The zero-order valence-corrected chi connectivity index (χ0v) is 20.8. The van der Waals surface area contributed by atoms with Gasteiger partial charge in [0.25, 0.3) is 10.1 Å². The highest BCUT2D eigenvalue weighted by atomic mass is 32.2. The van der Waals surface area contributed by atoms with Gasteiger partial charge in [-0.3, -0.25) is 4.55 Å². The molecule has 0 radical (unpaired) electrons. The number of hydrogen-bond donors (Lipinski definition) is 1. The molecule has 1 atom stereocenters. The molecular formula is C28H40O3S. The Labute approximate surface area is 195 Å². The molecule has 3 rings (SSSR count). The Morgan fingerprint density at radius 2 is 1.66 bits per heavy atom. The van der Waals surface area contributed by atoms with Crippen molar-refractivity contribution < 1.29 is 13.0 Å². The first-order chi connectivity index (χ1) is 15.3. The monoisotopic (exact) mass is 456 g/mol. The lowest BCUT2D eigenvalue weighted by atomic mass is 9.77. The van der Waals surface area contributed by atoms with Crippen LogP contribution in [0.15, 0.2) is 42.5 Å².